The summed E-state index contributed by atoms with van der Waals surface area (Å²) in [6.45, 7) is 11.7. The topological polar surface area (TPSA) is 44.8 Å². The number of benzene rings is 2. The molecule has 1 aliphatic heterocycles. The first-order chi connectivity index (χ1) is 13.4. The smallest absolute Gasteiger partial charge is 0.241 e. The second kappa shape index (κ2) is 8.65. The van der Waals surface area contributed by atoms with Crippen LogP contribution in [0.3, 0.4) is 0 Å². The lowest BCUT2D eigenvalue weighted by Gasteiger charge is -2.38. The zero-order valence-electron chi connectivity index (χ0n) is 17.6. The summed E-state index contributed by atoms with van der Waals surface area (Å²) in [5, 5.41) is 3.15. The SMILES string of the molecule is COc1cccc(N2CCN(C(C)C(=O)Nc3c(C)cc(C)cc3C)CC2)c1. The Hall–Kier alpha value is -2.53. The van der Waals surface area contributed by atoms with E-state index in [1.165, 1.54) is 11.3 Å². The van der Waals surface area contributed by atoms with E-state index in [0.29, 0.717) is 0 Å². The van der Waals surface area contributed by atoms with Crippen molar-refractivity contribution < 1.29 is 9.53 Å². The minimum absolute atomic E-state index is 0.0601. The summed E-state index contributed by atoms with van der Waals surface area (Å²) in [7, 11) is 1.69. The molecule has 3 rings (SSSR count). The maximum Gasteiger partial charge on any atom is 0.241 e. The van der Waals surface area contributed by atoms with Crippen LogP contribution in [0.15, 0.2) is 36.4 Å². The predicted octanol–water partition coefficient (Wildman–Crippen LogP) is 3.77. The molecule has 1 amide bonds. The van der Waals surface area contributed by atoms with E-state index in [1.54, 1.807) is 7.11 Å². The maximum absolute atomic E-state index is 12.9. The van der Waals surface area contributed by atoms with Gasteiger partial charge in [0.25, 0.3) is 0 Å². The summed E-state index contributed by atoms with van der Waals surface area (Å²) in [5.41, 5.74) is 5.55. The predicted molar refractivity (Wildman–Crippen MR) is 116 cm³/mol. The van der Waals surface area contributed by atoms with Gasteiger partial charge in [-0.05, 0) is 51.0 Å². The molecule has 28 heavy (non-hydrogen) atoms. The quantitative estimate of drug-likeness (QED) is 0.856. The number of rotatable bonds is 5. The van der Waals surface area contributed by atoms with Crippen LogP contribution in [0.4, 0.5) is 11.4 Å². The molecule has 1 heterocycles. The van der Waals surface area contributed by atoms with E-state index < -0.39 is 0 Å². The Morgan fingerprint density at radius 1 is 1.04 bits per heavy atom. The van der Waals surface area contributed by atoms with Crippen LogP contribution in [-0.2, 0) is 4.79 Å². The van der Waals surface area contributed by atoms with Crippen LogP contribution in [0, 0.1) is 20.8 Å². The van der Waals surface area contributed by atoms with Gasteiger partial charge < -0.3 is 15.0 Å². The Labute approximate surface area is 168 Å². The summed E-state index contributed by atoms with van der Waals surface area (Å²) in [6, 6.07) is 12.2. The number of amides is 1. The third-order valence-corrected chi connectivity index (χ3v) is 5.59. The van der Waals surface area contributed by atoms with Gasteiger partial charge in [0, 0.05) is 43.6 Å². The van der Waals surface area contributed by atoms with E-state index >= 15 is 0 Å². The zero-order valence-corrected chi connectivity index (χ0v) is 17.6. The second-order valence-corrected chi connectivity index (χ2v) is 7.66. The normalized spacial score (nSPS) is 16.0. The van der Waals surface area contributed by atoms with Crippen molar-refractivity contribution >= 4 is 17.3 Å². The van der Waals surface area contributed by atoms with E-state index in [0.717, 1.165) is 48.7 Å². The van der Waals surface area contributed by atoms with Gasteiger partial charge in [-0.25, -0.2) is 0 Å². The van der Waals surface area contributed by atoms with E-state index in [2.05, 4.69) is 46.3 Å². The Morgan fingerprint density at radius 3 is 2.29 bits per heavy atom. The molecule has 0 aliphatic carbocycles. The summed E-state index contributed by atoms with van der Waals surface area (Å²) in [6.07, 6.45) is 0. The highest BCUT2D eigenvalue weighted by Gasteiger charge is 2.26. The molecule has 2 aromatic carbocycles. The molecule has 1 atom stereocenters. The molecular formula is C23H31N3O2. The van der Waals surface area contributed by atoms with Gasteiger partial charge in [-0.3, -0.25) is 9.69 Å². The van der Waals surface area contributed by atoms with Crippen LogP contribution in [0.5, 0.6) is 5.75 Å². The standard InChI is InChI=1S/C23H31N3O2/c1-16-13-17(2)22(18(3)14-16)24-23(27)19(4)25-9-11-26(12-10-25)20-7-6-8-21(15-20)28-5/h6-8,13-15,19H,9-12H2,1-5H3,(H,24,27). The van der Waals surface area contributed by atoms with Gasteiger partial charge in [0.05, 0.1) is 13.2 Å². The van der Waals surface area contributed by atoms with E-state index in [9.17, 15) is 4.79 Å². The Bertz CT molecular complexity index is 818. The number of methoxy groups -OCH3 is 1. The Morgan fingerprint density at radius 2 is 1.68 bits per heavy atom. The molecule has 5 heteroatoms. The highest BCUT2D eigenvalue weighted by Crippen LogP contribution is 2.24. The molecule has 1 fully saturated rings. The first-order valence-corrected chi connectivity index (χ1v) is 9.91. The van der Waals surface area contributed by atoms with Crippen LogP contribution in [0.2, 0.25) is 0 Å². The summed E-state index contributed by atoms with van der Waals surface area (Å²) in [4.78, 5) is 17.5. The number of aryl methyl sites for hydroxylation is 3. The van der Waals surface area contributed by atoms with Crippen molar-refractivity contribution in [3.8, 4) is 5.75 Å². The number of carbonyl (C=O) groups is 1. The van der Waals surface area contributed by atoms with Crippen LogP contribution in [-0.4, -0.2) is 50.1 Å². The number of nitrogens with one attached hydrogen (secondary N) is 1. The molecule has 0 saturated carbocycles. The number of carbonyl (C=O) groups excluding carboxylic acids is 1. The molecule has 2 aromatic rings. The summed E-state index contributed by atoms with van der Waals surface area (Å²) in [5.74, 6) is 0.932. The van der Waals surface area contributed by atoms with Crippen molar-refractivity contribution in [2.24, 2.45) is 0 Å². The van der Waals surface area contributed by atoms with E-state index in [4.69, 9.17) is 4.74 Å². The summed E-state index contributed by atoms with van der Waals surface area (Å²) < 4.78 is 5.33. The minimum Gasteiger partial charge on any atom is -0.497 e. The van der Waals surface area contributed by atoms with Gasteiger partial charge in [0.1, 0.15) is 5.75 Å². The molecule has 0 radical (unpaired) electrons. The van der Waals surface area contributed by atoms with Gasteiger partial charge in [-0.2, -0.15) is 0 Å². The number of ether oxygens (including phenoxy) is 1. The molecule has 1 aliphatic rings. The first-order valence-electron chi connectivity index (χ1n) is 9.91. The highest BCUT2D eigenvalue weighted by atomic mass is 16.5. The van der Waals surface area contributed by atoms with Crippen LogP contribution in [0.25, 0.3) is 0 Å². The zero-order chi connectivity index (χ0) is 20.3. The van der Waals surface area contributed by atoms with Gasteiger partial charge in [-0.1, -0.05) is 23.8 Å². The Balaban J connectivity index is 1.60. The molecule has 1 N–H and O–H groups in total. The van der Waals surface area contributed by atoms with Gasteiger partial charge in [0.15, 0.2) is 0 Å². The van der Waals surface area contributed by atoms with Crippen LogP contribution >= 0.6 is 0 Å². The molecule has 150 valence electrons. The lowest BCUT2D eigenvalue weighted by Crippen LogP contribution is -2.52. The lowest BCUT2D eigenvalue weighted by molar-refractivity contribution is -0.120. The van der Waals surface area contributed by atoms with Crippen LogP contribution in [0.1, 0.15) is 23.6 Å². The number of hydrogen-bond acceptors (Lipinski definition) is 4. The lowest BCUT2D eigenvalue weighted by atomic mass is 10.0. The van der Waals surface area contributed by atoms with E-state index in [1.807, 2.05) is 32.9 Å². The third-order valence-electron chi connectivity index (χ3n) is 5.59. The van der Waals surface area contributed by atoms with E-state index in [-0.39, 0.29) is 11.9 Å². The van der Waals surface area contributed by atoms with Gasteiger partial charge in [0.2, 0.25) is 5.91 Å². The molecule has 5 nitrogen and oxygen atoms in total. The molecule has 0 bridgehead atoms. The minimum atomic E-state index is -0.160. The highest BCUT2D eigenvalue weighted by molar-refractivity contribution is 5.96. The van der Waals surface area contributed by atoms with Gasteiger partial charge >= 0.3 is 0 Å². The molecular weight excluding hydrogens is 350 g/mol. The van der Waals surface area contributed by atoms with Crippen molar-refractivity contribution in [1.82, 2.24) is 4.90 Å². The number of anilines is 2. The molecule has 1 saturated heterocycles. The number of nitrogens with zero attached hydrogens (tertiary/aromatic N) is 2. The monoisotopic (exact) mass is 381 g/mol. The van der Waals surface area contributed by atoms with Crippen molar-refractivity contribution in [1.29, 1.82) is 0 Å². The van der Waals surface area contributed by atoms with Gasteiger partial charge in [-0.15, -0.1) is 0 Å². The second-order valence-electron chi connectivity index (χ2n) is 7.66. The Kier molecular flexibility index (Phi) is 6.25. The average Bonchev–Trinajstić information content (AvgIpc) is 2.70. The fraction of sp³-hybridized carbons (Fsp3) is 0.435. The van der Waals surface area contributed by atoms with Crippen molar-refractivity contribution in [3.05, 3.63) is 53.1 Å². The van der Waals surface area contributed by atoms with Crippen LogP contribution < -0.4 is 15.0 Å². The molecule has 0 spiro atoms. The molecule has 1 unspecified atom stereocenters. The van der Waals surface area contributed by atoms with Crippen molar-refractivity contribution in [3.63, 3.8) is 0 Å². The largest absolute Gasteiger partial charge is 0.497 e. The molecule has 0 aromatic heterocycles. The average molecular weight is 382 g/mol. The van der Waals surface area contributed by atoms with Crippen molar-refractivity contribution in [2.75, 3.05) is 43.5 Å². The third kappa shape index (κ3) is 4.47. The number of hydrogen-bond donors (Lipinski definition) is 1. The van der Waals surface area contributed by atoms with Crippen molar-refractivity contribution in [2.45, 2.75) is 33.7 Å². The maximum atomic E-state index is 12.9. The number of piperazine rings is 1. The summed E-state index contributed by atoms with van der Waals surface area (Å²) >= 11 is 0. The fourth-order valence-corrected chi connectivity index (χ4v) is 3.95. The fourth-order valence-electron chi connectivity index (χ4n) is 3.95. The first kappa shape index (κ1) is 20.2.